The van der Waals surface area contributed by atoms with Gasteiger partial charge in [-0.1, -0.05) is 13.8 Å². The van der Waals surface area contributed by atoms with E-state index in [4.69, 9.17) is 4.74 Å². The lowest BCUT2D eigenvalue weighted by Gasteiger charge is -2.18. The average Bonchev–Trinajstić information content (AvgIpc) is 2.30. The molecule has 3 N–H and O–H groups in total. The molecule has 1 aliphatic heterocycles. The smallest absolute Gasteiger partial charge is 0.136 e. The van der Waals surface area contributed by atoms with E-state index >= 15 is 0 Å². The van der Waals surface area contributed by atoms with Crippen LogP contribution in [0.15, 0.2) is 0 Å². The van der Waals surface area contributed by atoms with E-state index in [-0.39, 0.29) is 12.0 Å². The van der Waals surface area contributed by atoms with Gasteiger partial charge in [0.25, 0.3) is 0 Å². The first-order valence-electron chi connectivity index (χ1n) is 4.23. The number of rotatable bonds is 2. The lowest BCUT2D eigenvalue weighted by molar-refractivity contribution is -0.0434. The number of hydrogen-bond acceptors (Lipinski definition) is 4. The molecular weight excluding hydrogens is 158 g/mol. The maximum absolute atomic E-state index is 9.54. The maximum Gasteiger partial charge on any atom is 0.136 e. The van der Waals surface area contributed by atoms with Crippen molar-refractivity contribution in [2.75, 3.05) is 7.11 Å². The third-order valence-corrected chi connectivity index (χ3v) is 2.36. The Hall–Kier alpha value is -0.160. The molecule has 1 rings (SSSR count). The zero-order valence-corrected chi connectivity index (χ0v) is 7.69. The van der Waals surface area contributed by atoms with Gasteiger partial charge in [0.2, 0.25) is 0 Å². The second-order valence-corrected chi connectivity index (χ2v) is 3.57. The van der Waals surface area contributed by atoms with E-state index < -0.39 is 18.4 Å². The molecule has 0 aromatic carbocycles. The fourth-order valence-electron chi connectivity index (χ4n) is 1.57. The summed E-state index contributed by atoms with van der Waals surface area (Å²) >= 11 is 0. The normalized spacial score (nSPS) is 42.5. The summed E-state index contributed by atoms with van der Waals surface area (Å²) in [5.74, 6) is 0.287. The quantitative estimate of drug-likeness (QED) is 0.520. The molecular formula is C8H17NO3. The molecule has 0 radical (unpaired) electrons. The Morgan fingerprint density at radius 3 is 2.08 bits per heavy atom. The predicted molar refractivity (Wildman–Crippen MR) is 44.6 cm³/mol. The molecule has 0 aromatic rings. The van der Waals surface area contributed by atoms with Crippen molar-refractivity contribution < 1.29 is 14.9 Å². The third kappa shape index (κ3) is 1.61. The molecule has 4 atom stereocenters. The first-order valence-corrected chi connectivity index (χ1v) is 4.23. The van der Waals surface area contributed by atoms with E-state index in [0.29, 0.717) is 0 Å². The Morgan fingerprint density at radius 1 is 1.25 bits per heavy atom. The van der Waals surface area contributed by atoms with Crippen LogP contribution in [0.4, 0.5) is 0 Å². The van der Waals surface area contributed by atoms with Crippen LogP contribution in [-0.2, 0) is 4.74 Å². The molecule has 0 bridgehead atoms. The number of aliphatic hydroxyl groups is 2. The molecule has 12 heavy (non-hydrogen) atoms. The highest BCUT2D eigenvalue weighted by Crippen LogP contribution is 2.20. The molecule has 4 nitrogen and oxygen atoms in total. The van der Waals surface area contributed by atoms with E-state index in [1.807, 2.05) is 13.8 Å². The minimum atomic E-state index is -0.817. The molecule has 1 fully saturated rings. The van der Waals surface area contributed by atoms with Gasteiger partial charge in [-0.15, -0.1) is 0 Å². The van der Waals surface area contributed by atoms with Crippen LogP contribution in [0.1, 0.15) is 13.8 Å². The van der Waals surface area contributed by atoms with Crippen molar-refractivity contribution in [3.8, 4) is 0 Å². The first-order chi connectivity index (χ1) is 5.57. The lowest BCUT2D eigenvalue weighted by Crippen LogP contribution is -2.38. The van der Waals surface area contributed by atoms with Crippen molar-refractivity contribution in [3.63, 3.8) is 0 Å². The summed E-state index contributed by atoms with van der Waals surface area (Å²) in [6.07, 6.45) is -1.98. The molecule has 0 amide bonds. The van der Waals surface area contributed by atoms with Crippen LogP contribution in [0.25, 0.3) is 0 Å². The SMILES string of the molecule is CO[C@H]1N[C@@H](C(C)C)[C@H](O)[C@@H]1O. The fourth-order valence-corrected chi connectivity index (χ4v) is 1.57. The van der Waals surface area contributed by atoms with Gasteiger partial charge in [0.15, 0.2) is 0 Å². The molecule has 0 spiro atoms. The lowest BCUT2D eigenvalue weighted by atomic mass is 9.99. The zero-order valence-electron chi connectivity index (χ0n) is 7.69. The largest absolute Gasteiger partial charge is 0.389 e. The topological polar surface area (TPSA) is 61.7 Å². The molecule has 72 valence electrons. The molecule has 0 saturated carbocycles. The van der Waals surface area contributed by atoms with E-state index in [0.717, 1.165) is 0 Å². The molecule has 4 heteroatoms. The van der Waals surface area contributed by atoms with Gasteiger partial charge in [0.05, 0.1) is 6.10 Å². The van der Waals surface area contributed by atoms with E-state index in [1.54, 1.807) is 0 Å². The molecule has 1 aliphatic rings. The van der Waals surface area contributed by atoms with E-state index in [9.17, 15) is 10.2 Å². The Morgan fingerprint density at radius 2 is 1.83 bits per heavy atom. The predicted octanol–water partition coefficient (Wildman–Crippen LogP) is -0.692. The zero-order chi connectivity index (χ0) is 9.30. The van der Waals surface area contributed by atoms with Gasteiger partial charge in [0.1, 0.15) is 12.3 Å². The van der Waals surface area contributed by atoms with Crippen molar-refractivity contribution >= 4 is 0 Å². The van der Waals surface area contributed by atoms with Crippen LogP contribution in [0.2, 0.25) is 0 Å². The Bertz CT molecular complexity index is 151. The van der Waals surface area contributed by atoms with Gasteiger partial charge < -0.3 is 14.9 Å². The Kier molecular flexibility index (Phi) is 3.06. The third-order valence-electron chi connectivity index (χ3n) is 2.36. The van der Waals surface area contributed by atoms with Gasteiger partial charge in [-0.25, -0.2) is 0 Å². The van der Waals surface area contributed by atoms with Crippen LogP contribution < -0.4 is 5.32 Å². The summed E-state index contributed by atoms with van der Waals surface area (Å²) in [6.45, 7) is 3.98. The van der Waals surface area contributed by atoms with E-state index in [1.165, 1.54) is 7.11 Å². The average molecular weight is 175 g/mol. The van der Waals surface area contributed by atoms with Crippen molar-refractivity contribution in [2.24, 2.45) is 5.92 Å². The fraction of sp³-hybridized carbons (Fsp3) is 1.00. The summed E-state index contributed by atoms with van der Waals surface area (Å²) in [6, 6.07) is -0.0788. The minimum Gasteiger partial charge on any atom is -0.389 e. The second-order valence-electron chi connectivity index (χ2n) is 3.57. The van der Waals surface area contributed by atoms with Crippen molar-refractivity contribution in [3.05, 3.63) is 0 Å². The summed E-state index contributed by atoms with van der Waals surface area (Å²) in [4.78, 5) is 0. The van der Waals surface area contributed by atoms with Crippen LogP contribution in [0.5, 0.6) is 0 Å². The number of nitrogens with one attached hydrogen (secondary N) is 1. The number of methoxy groups -OCH3 is 1. The Labute approximate surface area is 72.5 Å². The number of aliphatic hydroxyl groups excluding tert-OH is 2. The molecule has 0 aliphatic carbocycles. The molecule has 0 unspecified atom stereocenters. The highest BCUT2D eigenvalue weighted by atomic mass is 16.5. The van der Waals surface area contributed by atoms with Crippen molar-refractivity contribution in [1.29, 1.82) is 0 Å². The molecule has 1 heterocycles. The maximum atomic E-state index is 9.54. The highest BCUT2D eigenvalue weighted by Gasteiger charge is 2.42. The van der Waals surface area contributed by atoms with E-state index in [2.05, 4.69) is 5.32 Å². The summed E-state index contributed by atoms with van der Waals surface area (Å²) < 4.78 is 4.95. The summed E-state index contributed by atoms with van der Waals surface area (Å²) in [5, 5.41) is 22.0. The molecule has 1 saturated heterocycles. The first kappa shape index (κ1) is 9.92. The van der Waals surface area contributed by atoms with Gasteiger partial charge in [-0.05, 0) is 5.92 Å². The van der Waals surface area contributed by atoms with Gasteiger partial charge in [-0.3, -0.25) is 5.32 Å². The van der Waals surface area contributed by atoms with Crippen LogP contribution in [0.3, 0.4) is 0 Å². The van der Waals surface area contributed by atoms with Crippen LogP contribution >= 0.6 is 0 Å². The monoisotopic (exact) mass is 175 g/mol. The minimum absolute atomic E-state index is 0.0788. The highest BCUT2D eigenvalue weighted by molar-refractivity contribution is 4.95. The van der Waals surface area contributed by atoms with Crippen LogP contribution in [0, 0.1) is 5.92 Å². The van der Waals surface area contributed by atoms with Crippen molar-refractivity contribution in [1.82, 2.24) is 5.32 Å². The van der Waals surface area contributed by atoms with Crippen molar-refractivity contribution in [2.45, 2.75) is 38.3 Å². The summed E-state index contributed by atoms with van der Waals surface area (Å²) in [5.41, 5.74) is 0. The van der Waals surface area contributed by atoms with Gasteiger partial charge in [0, 0.05) is 13.2 Å². The van der Waals surface area contributed by atoms with Gasteiger partial charge >= 0.3 is 0 Å². The number of hydrogen-bond donors (Lipinski definition) is 3. The van der Waals surface area contributed by atoms with Gasteiger partial charge in [-0.2, -0.15) is 0 Å². The standard InChI is InChI=1S/C8H17NO3/c1-4(2)5-6(10)7(11)8(9-5)12-3/h4-11H,1-3H3/t5-,6-,7-,8+/m0/s1. The molecule has 0 aromatic heterocycles. The number of ether oxygens (including phenoxy) is 1. The second kappa shape index (κ2) is 3.70. The van der Waals surface area contributed by atoms with Crippen LogP contribution in [-0.4, -0.2) is 41.8 Å². The summed E-state index contributed by atoms with van der Waals surface area (Å²) in [7, 11) is 1.51. The Balaban J connectivity index is 2.60.